The lowest BCUT2D eigenvalue weighted by molar-refractivity contribution is 1.08. The topological polar surface area (TPSA) is 55.1 Å². The first kappa shape index (κ1) is 26.5. The Bertz CT molecular complexity index is 1290. The van der Waals surface area contributed by atoms with Crippen LogP contribution in [0.5, 0.6) is 0 Å². The minimum Gasteiger partial charge on any atom is -0.388 e. The molecule has 0 aliphatic heterocycles. The summed E-state index contributed by atoms with van der Waals surface area (Å²) in [4.78, 5) is 13.1. The lowest BCUT2D eigenvalue weighted by Crippen LogP contribution is -1.92. The van der Waals surface area contributed by atoms with Gasteiger partial charge in [-0.15, -0.1) is 0 Å². The van der Waals surface area contributed by atoms with Gasteiger partial charge in [-0.05, 0) is 43.7 Å². The van der Waals surface area contributed by atoms with Crippen LogP contribution in [0.3, 0.4) is 0 Å². The van der Waals surface area contributed by atoms with Gasteiger partial charge < -0.3 is 5.32 Å². The second-order valence-electron chi connectivity index (χ2n) is 7.59. The fourth-order valence-corrected chi connectivity index (χ4v) is 3.29. The molecule has 34 heavy (non-hydrogen) atoms. The molecule has 0 radical (unpaired) electrons. The van der Waals surface area contributed by atoms with Crippen LogP contribution >= 0.6 is 0 Å². The Balaban J connectivity index is 0.000000245. The third-order valence-electron chi connectivity index (χ3n) is 4.81. The van der Waals surface area contributed by atoms with Crippen molar-refractivity contribution >= 4 is 22.2 Å². The maximum atomic E-state index is 4.45. The first-order valence-corrected chi connectivity index (χ1v) is 12.0. The maximum Gasteiger partial charge on any atom is 0.158 e. The van der Waals surface area contributed by atoms with Crippen LogP contribution in [0, 0.1) is 13.8 Å². The summed E-state index contributed by atoms with van der Waals surface area (Å²) in [5.74, 6) is 0. The SMILES string of the molecule is CC.CCC.CNc1cccc(C)c1.Cc1nccn2c(-c3ccc4cccnc4c3)cnc12. The van der Waals surface area contributed by atoms with E-state index < -0.39 is 0 Å². The summed E-state index contributed by atoms with van der Waals surface area (Å²) in [5, 5.41) is 4.21. The molecule has 1 N–H and O–H groups in total. The normalized spacial score (nSPS) is 9.74. The van der Waals surface area contributed by atoms with E-state index in [1.165, 1.54) is 17.7 Å². The van der Waals surface area contributed by atoms with Crippen LogP contribution in [-0.2, 0) is 0 Å². The Labute approximate surface area is 203 Å². The largest absolute Gasteiger partial charge is 0.388 e. The highest BCUT2D eigenvalue weighted by Crippen LogP contribution is 2.24. The predicted octanol–water partition coefficient (Wildman–Crippen LogP) is 7.73. The summed E-state index contributed by atoms with van der Waals surface area (Å²) in [6.07, 6.45) is 8.68. The zero-order chi connectivity index (χ0) is 24.9. The lowest BCUT2D eigenvalue weighted by atomic mass is 10.1. The van der Waals surface area contributed by atoms with E-state index in [-0.39, 0.29) is 0 Å². The molecular formula is C29H37N5. The number of imidazole rings is 1. The van der Waals surface area contributed by atoms with Crippen molar-refractivity contribution in [2.75, 3.05) is 12.4 Å². The lowest BCUT2D eigenvalue weighted by Gasteiger charge is -2.04. The van der Waals surface area contributed by atoms with E-state index in [1.54, 1.807) is 6.20 Å². The average Bonchev–Trinajstić information content (AvgIpc) is 3.31. The molecule has 0 aliphatic carbocycles. The second kappa shape index (κ2) is 13.7. The van der Waals surface area contributed by atoms with Gasteiger partial charge in [0.25, 0.3) is 0 Å². The summed E-state index contributed by atoms with van der Waals surface area (Å²) >= 11 is 0. The summed E-state index contributed by atoms with van der Waals surface area (Å²) in [6, 6.07) is 18.6. The van der Waals surface area contributed by atoms with Crippen molar-refractivity contribution in [1.29, 1.82) is 0 Å². The van der Waals surface area contributed by atoms with Gasteiger partial charge >= 0.3 is 0 Å². The number of aromatic nitrogens is 4. The van der Waals surface area contributed by atoms with Gasteiger partial charge in [-0.1, -0.05) is 64.4 Å². The van der Waals surface area contributed by atoms with E-state index in [0.717, 1.165) is 33.5 Å². The second-order valence-corrected chi connectivity index (χ2v) is 7.59. The minimum absolute atomic E-state index is 0.892. The van der Waals surface area contributed by atoms with Gasteiger partial charge in [-0.25, -0.2) is 4.98 Å². The maximum absolute atomic E-state index is 4.45. The molecule has 0 bridgehead atoms. The third kappa shape index (κ3) is 6.88. The third-order valence-corrected chi connectivity index (χ3v) is 4.81. The number of nitrogens with zero attached hydrogens (tertiary/aromatic N) is 4. The van der Waals surface area contributed by atoms with E-state index in [9.17, 15) is 0 Å². The highest BCUT2D eigenvalue weighted by atomic mass is 15.0. The van der Waals surface area contributed by atoms with Gasteiger partial charge in [0.15, 0.2) is 5.65 Å². The smallest absolute Gasteiger partial charge is 0.158 e. The molecule has 0 unspecified atom stereocenters. The van der Waals surface area contributed by atoms with Crippen molar-refractivity contribution in [3.8, 4) is 11.3 Å². The van der Waals surface area contributed by atoms with Crippen molar-refractivity contribution in [3.63, 3.8) is 0 Å². The number of nitrogens with one attached hydrogen (secondary N) is 1. The molecule has 0 saturated heterocycles. The van der Waals surface area contributed by atoms with Gasteiger partial charge in [-0.3, -0.25) is 14.4 Å². The summed E-state index contributed by atoms with van der Waals surface area (Å²) in [5.41, 5.74) is 7.44. The number of benzene rings is 2. The molecule has 0 aliphatic rings. The van der Waals surface area contributed by atoms with Crippen LogP contribution < -0.4 is 5.32 Å². The molecule has 0 fully saturated rings. The fourth-order valence-electron chi connectivity index (χ4n) is 3.29. The van der Waals surface area contributed by atoms with E-state index in [0.29, 0.717) is 0 Å². The molecule has 5 aromatic rings. The molecule has 178 valence electrons. The van der Waals surface area contributed by atoms with Gasteiger partial charge in [0.05, 0.1) is 23.1 Å². The first-order valence-electron chi connectivity index (χ1n) is 12.0. The van der Waals surface area contributed by atoms with Crippen molar-refractivity contribution in [3.05, 3.63) is 90.6 Å². The molecule has 0 spiro atoms. The molecule has 5 rings (SSSR count). The van der Waals surface area contributed by atoms with Crippen LogP contribution in [0.4, 0.5) is 5.69 Å². The molecular weight excluding hydrogens is 418 g/mol. The molecule has 0 atom stereocenters. The molecule has 3 aromatic heterocycles. The summed E-state index contributed by atoms with van der Waals surface area (Å²) in [7, 11) is 1.93. The van der Waals surface area contributed by atoms with Crippen LogP contribution in [0.2, 0.25) is 0 Å². The molecule has 0 saturated carbocycles. The number of hydrogen-bond acceptors (Lipinski definition) is 4. The van der Waals surface area contributed by atoms with E-state index in [1.807, 2.05) is 64.6 Å². The summed E-state index contributed by atoms with van der Waals surface area (Å²) in [6.45, 7) is 12.3. The van der Waals surface area contributed by atoms with E-state index in [2.05, 4.69) is 81.8 Å². The van der Waals surface area contributed by atoms with Crippen molar-refractivity contribution in [2.45, 2.75) is 48.0 Å². The molecule has 2 aromatic carbocycles. The molecule has 0 amide bonds. The monoisotopic (exact) mass is 455 g/mol. The van der Waals surface area contributed by atoms with Gasteiger partial charge in [0, 0.05) is 42.3 Å². The minimum atomic E-state index is 0.892. The fraction of sp³-hybridized carbons (Fsp3) is 0.276. The van der Waals surface area contributed by atoms with E-state index in [4.69, 9.17) is 0 Å². The van der Waals surface area contributed by atoms with E-state index >= 15 is 0 Å². The number of hydrogen-bond donors (Lipinski definition) is 1. The number of anilines is 1. The van der Waals surface area contributed by atoms with Crippen LogP contribution in [0.25, 0.3) is 27.8 Å². The van der Waals surface area contributed by atoms with Crippen LogP contribution in [0.15, 0.2) is 79.4 Å². The predicted molar refractivity (Wildman–Crippen MR) is 146 cm³/mol. The Morgan fingerprint density at radius 2 is 1.62 bits per heavy atom. The zero-order valence-electron chi connectivity index (χ0n) is 21.5. The Morgan fingerprint density at radius 1 is 0.853 bits per heavy atom. The highest BCUT2D eigenvalue weighted by Gasteiger charge is 2.08. The van der Waals surface area contributed by atoms with Gasteiger partial charge in [0.1, 0.15) is 0 Å². The average molecular weight is 456 g/mol. The van der Waals surface area contributed by atoms with Crippen molar-refractivity contribution in [2.24, 2.45) is 0 Å². The number of pyridine rings is 1. The molecule has 5 heteroatoms. The zero-order valence-corrected chi connectivity index (χ0v) is 21.5. The number of rotatable bonds is 2. The Morgan fingerprint density at radius 3 is 2.29 bits per heavy atom. The van der Waals surface area contributed by atoms with Crippen molar-refractivity contribution in [1.82, 2.24) is 19.4 Å². The summed E-state index contributed by atoms with van der Waals surface area (Å²) < 4.78 is 2.06. The van der Waals surface area contributed by atoms with Crippen molar-refractivity contribution < 1.29 is 0 Å². The van der Waals surface area contributed by atoms with Gasteiger partial charge in [-0.2, -0.15) is 0 Å². The number of fused-ring (bicyclic) bond motifs is 2. The van der Waals surface area contributed by atoms with Gasteiger partial charge in [0.2, 0.25) is 0 Å². The quantitative estimate of drug-likeness (QED) is 0.296. The molecule has 3 heterocycles. The first-order chi connectivity index (χ1) is 16.6. The Kier molecular flexibility index (Phi) is 10.7. The molecule has 5 nitrogen and oxygen atoms in total. The van der Waals surface area contributed by atoms with Crippen LogP contribution in [-0.4, -0.2) is 26.4 Å². The standard InChI is InChI=1S/C16H12N4.C8H11N.C3H8.C2H6/c1-11-16-19-10-15(20(16)8-7-17-11)13-5-4-12-3-2-6-18-14(12)9-13;1-7-4-3-5-8(6-7)9-2;1-3-2;1-2/h2-10H,1H3;3-6,9H,1-2H3;3H2,1-2H3;1-2H3. The highest BCUT2D eigenvalue weighted by molar-refractivity contribution is 5.83. The Hall–Kier alpha value is -3.73. The number of aryl methyl sites for hydroxylation is 2. The van der Waals surface area contributed by atoms with Crippen LogP contribution in [0.1, 0.15) is 45.4 Å².